The minimum Gasteiger partial charge on any atom is -0.494 e. The molecule has 1 aliphatic heterocycles. The molecule has 1 aliphatic carbocycles. The molecular weight excluding hydrogens is 528 g/mol. The maximum atomic E-state index is 14.3. The molecule has 1 saturated carbocycles. The number of hydrogen-bond acceptors (Lipinski definition) is 9. The van der Waals surface area contributed by atoms with E-state index in [2.05, 4.69) is 30.9 Å². The molecule has 12 nitrogen and oxygen atoms in total. The zero-order chi connectivity index (χ0) is 27.9. The SMILES string of the molecule is COc1ccc(Nc2nc(CNC3CC[N+](C)(COP(=O)(O)O)CC3)nc(NC3CCCCCC3)n2)cc1F. The summed E-state index contributed by atoms with van der Waals surface area (Å²) < 4.78 is 35.6. The summed E-state index contributed by atoms with van der Waals surface area (Å²) in [7, 11) is -1.14. The molecule has 2 aliphatic rings. The molecule has 1 aromatic carbocycles. The quantitative estimate of drug-likeness (QED) is 0.153. The third-order valence-corrected chi connectivity index (χ3v) is 7.85. The molecule has 0 amide bonds. The highest BCUT2D eigenvalue weighted by Crippen LogP contribution is 2.37. The summed E-state index contributed by atoms with van der Waals surface area (Å²) >= 11 is 0. The molecule has 4 rings (SSSR count). The van der Waals surface area contributed by atoms with E-state index < -0.39 is 13.6 Å². The Morgan fingerprint density at radius 1 is 1.03 bits per heavy atom. The Morgan fingerprint density at radius 3 is 2.36 bits per heavy atom. The number of quaternary nitrogens is 1. The minimum atomic E-state index is -4.49. The fourth-order valence-corrected chi connectivity index (χ4v) is 5.50. The number of phosphoric ester groups is 1. The number of likely N-dealkylation sites (tertiary alicyclic amines) is 1. The van der Waals surface area contributed by atoms with Crippen molar-refractivity contribution in [2.45, 2.75) is 70.0 Å². The van der Waals surface area contributed by atoms with Crippen molar-refractivity contribution >= 4 is 25.4 Å². The van der Waals surface area contributed by atoms with E-state index in [1.54, 1.807) is 12.1 Å². The summed E-state index contributed by atoms with van der Waals surface area (Å²) in [4.78, 5) is 31.9. The first-order valence-electron chi connectivity index (χ1n) is 13.5. The van der Waals surface area contributed by atoms with Crippen molar-refractivity contribution in [3.8, 4) is 5.75 Å². The molecule has 1 saturated heterocycles. The Balaban J connectivity index is 1.42. The molecule has 2 heterocycles. The number of aromatic nitrogens is 3. The molecule has 14 heteroatoms. The molecule has 39 heavy (non-hydrogen) atoms. The van der Waals surface area contributed by atoms with Gasteiger partial charge >= 0.3 is 7.82 Å². The number of anilines is 3. The molecular formula is C25H40FN7O5P+. The normalized spacial score (nSPS) is 22.7. The maximum absolute atomic E-state index is 14.3. The molecule has 0 radical (unpaired) electrons. The summed E-state index contributed by atoms with van der Waals surface area (Å²) in [6, 6.07) is 5.09. The first-order valence-corrected chi connectivity index (χ1v) is 15.0. The molecule has 0 spiro atoms. The number of benzene rings is 1. The van der Waals surface area contributed by atoms with Crippen LogP contribution in [0.2, 0.25) is 0 Å². The lowest BCUT2D eigenvalue weighted by Crippen LogP contribution is -2.54. The molecule has 0 unspecified atom stereocenters. The molecule has 216 valence electrons. The lowest BCUT2D eigenvalue weighted by molar-refractivity contribution is -0.929. The van der Waals surface area contributed by atoms with Crippen molar-refractivity contribution in [1.29, 1.82) is 0 Å². The molecule has 2 fully saturated rings. The van der Waals surface area contributed by atoms with Gasteiger partial charge in [-0.25, -0.2) is 13.5 Å². The van der Waals surface area contributed by atoms with Gasteiger partial charge in [0.1, 0.15) is 5.82 Å². The average Bonchev–Trinajstić information content (AvgIpc) is 3.16. The summed E-state index contributed by atoms with van der Waals surface area (Å²) in [6.07, 6.45) is 8.59. The lowest BCUT2D eigenvalue weighted by atomic mass is 10.0. The van der Waals surface area contributed by atoms with E-state index in [-0.39, 0.29) is 18.5 Å². The summed E-state index contributed by atoms with van der Waals surface area (Å²) in [6.45, 7) is 1.83. The minimum absolute atomic E-state index is 0.0261. The second kappa shape index (κ2) is 13.3. The van der Waals surface area contributed by atoms with E-state index in [0.717, 1.165) is 38.8 Å². The fourth-order valence-electron chi connectivity index (χ4n) is 5.07. The van der Waals surface area contributed by atoms with Crippen molar-refractivity contribution in [2.24, 2.45) is 0 Å². The van der Waals surface area contributed by atoms with E-state index in [0.29, 0.717) is 40.5 Å². The Hall–Kier alpha value is -2.41. The predicted molar refractivity (Wildman–Crippen MR) is 145 cm³/mol. The molecule has 5 N–H and O–H groups in total. The van der Waals surface area contributed by atoms with Crippen LogP contribution >= 0.6 is 7.82 Å². The van der Waals surface area contributed by atoms with Gasteiger partial charge in [0, 0.05) is 36.7 Å². The Labute approximate surface area is 228 Å². The van der Waals surface area contributed by atoms with E-state index in [9.17, 15) is 8.96 Å². The van der Waals surface area contributed by atoms with Crippen LogP contribution in [0.25, 0.3) is 0 Å². The Kier molecular flexibility index (Phi) is 10.1. The number of methoxy groups -OCH3 is 1. The van der Waals surface area contributed by atoms with Crippen molar-refractivity contribution in [3.63, 3.8) is 0 Å². The average molecular weight is 569 g/mol. The number of ether oxygens (including phenoxy) is 1. The number of hydrogen-bond donors (Lipinski definition) is 5. The van der Waals surface area contributed by atoms with Gasteiger partial charge in [0.2, 0.25) is 11.9 Å². The van der Waals surface area contributed by atoms with E-state index in [1.807, 2.05) is 7.05 Å². The van der Waals surface area contributed by atoms with E-state index in [4.69, 9.17) is 19.0 Å². The first-order chi connectivity index (χ1) is 18.6. The van der Waals surface area contributed by atoms with Crippen LogP contribution in [0, 0.1) is 5.82 Å². The van der Waals surface area contributed by atoms with Gasteiger partial charge < -0.3 is 35.0 Å². The van der Waals surface area contributed by atoms with Crippen LogP contribution in [-0.4, -0.2) is 75.3 Å². The van der Waals surface area contributed by atoms with Crippen LogP contribution < -0.4 is 20.7 Å². The van der Waals surface area contributed by atoms with E-state index in [1.165, 1.54) is 38.9 Å². The van der Waals surface area contributed by atoms with Crippen LogP contribution in [0.1, 0.15) is 57.2 Å². The van der Waals surface area contributed by atoms with Gasteiger partial charge in [-0.15, -0.1) is 0 Å². The van der Waals surface area contributed by atoms with Crippen LogP contribution in [0.3, 0.4) is 0 Å². The number of nitrogens with one attached hydrogen (secondary N) is 3. The van der Waals surface area contributed by atoms with Crippen molar-refractivity contribution < 1.29 is 32.5 Å². The van der Waals surface area contributed by atoms with Crippen molar-refractivity contribution in [3.05, 3.63) is 29.8 Å². The number of halogens is 1. The largest absolute Gasteiger partial charge is 0.494 e. The summed E-state index contributed by atoms with van der Waals surface area (Å²) in [5, 5.41) is 10.1. The predicted octanol–water partition coefficient (Wildman–Crippen LogP) is 3.66. The monoisotopic (exact) mass is 568 g/mol. The zero-order valence-electron chi connectivity index (χ0n) is 22.6. The highest BCUT2D eigenvalue weighted by Gasteiger charge is 2.32. The number of phosphoric acid groups is 1. The van der Waals surface area contributed by atoms with Gasteiger partial charge in [-0.3, -0.25) is 0 Å². The van der Waals surface area contributed by atoms with Gasteiger partial charge in [0.15, 0.2) is 18.3 Å². The van der Waals surface area contributed by atoms with E-state index >= 15 is 0 Å². The van der Waals surface area contributed by atoms with Crippen LogP contribution in [0.15, 0.2) is 18.2 Å². The Morgan fingerprint density at radius 2 is 1.72 bits per heavy atom. The summed E-state index contributed by atoms with van der Waals surface area (Å²) in [5.41, 5.74) is 0.501. The standard InChI is InChI=1S/C25H39FN7O5P/c1-33(17-38-39(34,35)36)13-11-18(12-14-33)27-16-23-30-24(28-19-7-5-3-4-6-8-19)32-25(31-23)29-20-9-10-22(37-2)21(26)15-20/h9-10,15,18-19,27H,3-8,11-14,16-17H2,1-2H3,(H3-,28,29,30,31,32,34,35,36)/p+1. The van der Waals surface area contributed by atoms with Gasteiger partial charge in [-0.1, -0.05) is 25.7 Å². The number of nitrogens with zero attached hydrogens (tertiary/aromatic N) is 4. The fraction of sp³-hybridized carbons (Fsp3) is 0.640. The van der Waals surface area contributed by atoms with Gasteiger partial charge in [-0.05, 0) is 25.0 Å². The summed E-state index contributed by atoms with van der Waals surface area (Å²) in [5.74, 6) is 1.05. The molecule has 0 bridgehead atoms. The smallest absolute Gasteiger partial charge is 0.474 e. The van der Waals surface area contributed by atoms with Gasteiger partial charge in [0.25, 0.3) is 0 Å². The van der Waals surface area contributed by atoms with Gasteiger partial charge in [-0.2, -0.15) is 15.0 Å². The Bertz CT molecular complexity index is 1140. The van der Waals surface area contributed by atoms with Crippen LogP contribution in [0.5, 0.6) is 5.75 Å². The topological polar surface area (TPSA) is 151 Å². The third kappa shape index (κ3) is 9.33. The highest BCUT2D eigenvalue weighted by atomic mass is 31.2. The second-order valence-corrected chi connectivity index (χ2v) is 11.9. The van der Waals surface area contributed by atoms with Crippen LogP contribution in [-0.2, 0) is 15.6 Å². The molecule has 0 atom stereocenters. The molecule has 2 aromatic rings. The van der Waals surface area contributed by atoms with Crippen molar-refractivity contribution in [2.75, 3.05) is 44.6 Å². The number of rotatable bonds is 11. The van der Waals surface area contributed by atoms with Crippen molar-refractivity contribution in [1.82, 2.24) is 20.3 Å². The highest BCUT2D eigenvalue weighted by molar-refractivity contribution is 7.46. The lowest BCUT2D eigenvalue weighted by Gasteiger charge is -2.40. The first kappa shape index (κ1) is 29.6. The number of piperidine rings is 1. The van der Waals surface area contributed by atoms with Gasteiger partial charge in [0.05, 0.1) is 33.8 Å². The van der Waals surface area contributed by atoms with Crippen LogP contribution in [0.4, 0.5) is 22.0 Å². The second-order valence-electron chi connectivity index (χ2n) is 10.7. The zero-order valence-corrected chi connectivity index (χ0v) is 23.5. The third-order valence-electron chi connectivity index (χ3n) is 7.40. The molecule has 1 aromatic heterocycles. The maximum Gasteiger partial charge on any atom is 0.474 e.